The van der Waals surface area contributed by atoms with Gasteiger partial charge in [-0.05, 0) is 18.7 Å². The maximum absolute atomic E-state index is 9.54. The van der Waals surface area contributed by atoms with E-state index in [2.05, 4.69) is 4.98 Å². The maximum Gasteiger partial charge on any atom is 0.123 e. The number of likely N-dealkylation sites (N-methyl/N-ethyl adjacent to an activating group) is 1. The molecule has 0 fully saturated rings. The number of aliphatic hydroxyl groups excluding tert-OH is 1. The zero-order valence-corrected chi connectivity index (χ0v) is 9.76. The standard InChI is InChI=1S/C11H19N3O2/c1-14(7-10(15)8-16-2)6-9-3-4-11(12)13-5-9/h3-5,10,15H,6-8H2,1-2H3,(H2,12,13). The van der Waals surface area contributed by atoms with Gasteiger partial charge in [0, 0.05) is 26.4 Å². The molecule has 0 bridgehead atoms. The molecule has 0 spiro atoms. The van der Waals surface area contributed by atoms with Gasteiger partial charge in [-0.25, -0.2) is 4.98 Å². The normalized spacial score (nSPS) is 13.0. The molecule has 90 valence electrons. The Morgan fingerprint density at radius 1 is 1.56 bits per heavy atom. The average molecular weight is 225 g/mol. The minimum absolute atomic E-state index is 0.352. The Hall–Kier alpha value is -1.17. The molecule has 0 amide bonds. The molecule has 16 heavy (non-hydrogen) atoms. The van der Waals surface area contributed by atoms with Crippen molar-refractivity contribution in [1.82, 2.24) is 9.88 Å². The Kier molecular flexibility index (Phi) is 5.18. The van der Waals surface area contributed by atoms with Gasteiger partial charge in [0.2, 0.25) is 0 Å². The summed E-state index contributed by atoms with van der Waals surface area (Å²) in [5.74, 6) is 0.519. The van der Waals surface area contributed by atoms with E-state index in [4.69, 9.17) is 10.5 Å². The monoisotopic (exact) mass is 225 g/mol. The fourth-order valence-corrected chi connectivity index (χ4v) is 1.51. The number of ether oxygens (including phenoxy) is 1. The van der Waals surface area contributed by atoms with Crippen LogP contribution in [-0.4, -0.2) is 48.4 Å². The van der Waals surface area contributed by atoms with Crippen molar-refractivity contribution in [3.63, 3.8) is 0 Å². The molecule has 5 nitrogen and oxygen atoms in total. The van der Waals surface area contributed by atoms with Gasteiger partial charge >= 0.3 is 0 Å². The molecule has 0 aliphatic carbocycles. The SMILES string of the molecule is COCC(O)CN(C)Cc1ccc(N)nc1. The molecular weight excluding hydrogens is 206 g/mol. The van der Waals surface area contributed by atoms with Crippen LogP contribution in [-0.2, 0) is 11.3 Å². The number of aliphatic hydroxyl groups is 1. The summed E-state index contributed by atoms with van der Waals surface area (Å²) in [6, 6.07) is 3.70. The van der Waals surface area contributed by atoms with Crippen LogP contribution in [0.4, 0.5) is 5.82 Å². The highest BCUT2D eigenvalue weighted by molar-refractivity contribution is 5.29. The molecule has 1 rings (SSSR count). The smallest absolute Gasteiger partial charge is 0.123 e. The summed E-state index contributed by atoms with van der Waals surface area (Å²) in [4.78, 5) is 6.02. The van der Waals surface area contributed by atoms with Crippen LogP contribution < -0.4 is 5.73 Å². The van der Waals surface area contributed by atoms with Gasteiger partial charge in [-0.15, -0.1) is 0 Å². The van der Waals surface area contributed by atoms with Crippen molar-refractivity contribution in [3.8, 4) is 0 Å². The van der Waals surface area contributed by atoms with Crippen LogP contribution >= 0.6 is 0 Å². The predicted octanol–water partition coefficient (Wildman–Crippen LogP) is 0.103. The lowest BCUT2D eigenvalue weighted by Crippen LogP contribution is -2.31. The Balaban J connectivity index is 2.39. The lowest BCUT2D eigenvalue weighted by atomic mass is 10.2. The predicted molar refractivity (Wildman–Crippen MR) is 62.9 cm³/mol. The first-order valence-corrected chi connectivity index (χ1v) is 5.17. The number of nitrogen functional groups attached to an aromatic ring is 1. The molecule has 1 atom stereocenters. The van der Waals surface area contributed by atoms with Gasteiger partial charge in [0.1, 0.15) is 5.82 Å². The lowest BCUT2D eigenvalue weighted by Gasteiger charge is -2.19. The van der Waals surface area contributed by atoms with Crippen molar-refractivity contribution in [1.29, 1.82) is 0 Å². The second kappa shape index (κ2) is 6.42. The summed E-state index contributed by atoms with van der Waals surface area (Å²) in [7, 11) is 3.52. The number of aromatic nitrogens is 1. The van der Waals surface area contributed by atoms with E-state index in [1.165, 1.54) is 0 Å². The number of pyridine rings is 1. The summed E-state index contributed by atoms with van der Waals surface area (Å²) in [5, 5.41) is 9.54. The van der Waals surface area contributed by atoms with Crippen molar-refractivity contribution in [3.05, 3.63) is 23.9 Å². The van der Waals surface area contributed by atoms with E-state index in [-0.39, 0.29) is 0 Å². The third kappa shape index (κ3) is 4.57. The zero-order chi connectivity index (χ0) is 12.0. The highest BCUT2D eigenvalue weighted by atomic mass is 16.5. The number of hydrogen-bond acceptors (Lipinski definition) is 5. The van der Waals surface area contributed by atoms with Crippen LogP contribution in [0.15, 0.2) is 18.3 Å². The Morgan fingerprint density at radius 3 is 2.88 bits per heavy atom. The minimum atomic E-state index is -0.461. The third-order valence-electron chi connectivity index (χ3n) is 2.18. The van der Waals surface area contributed by atoms with E-state index in [9.17, 15) is 5.11 Å². The number of methoxy groups -OCH3 is 1. The topological polar surface area (TPSA) is 71.6 Å². The van der Waals surface area contributed by atoms with Crippen LogP contribution in [0.25, 0.3) is 0 Å². The Bertz CT molecular complexity index is 303. The summed E-state index contributed by atoms with van der Waals surface area (Å²) in [5.41, 5.74) is 6.57. The molecule has 1 aromatic heterocycles. The fraction of sp³-hybridized carbons (Fsp3) is 0.545. The highest BCUT2D eigenvalue weighted by Gasteiger charge is 2.08. The maximum atomic E-state index is 9.54. The molecule has 3 N–H and O–H groups in total. The van der Waals surface area contributed by atoms with Crippen LogP contribution in [0, 0.1) is 0 Å². The fourth-order valence-electron chi connectivity index (χ4n) is 1.51. The van der Waals surface area contributed by atoms with Gasteiger partial charge in [-0.3, -0.25) is 4.90 Å². The molecule has 0 aliphatic heterocycles. The molecular formula is C11H19N3O2. The van der Waals surface area contributed by atoms with E-state index in [1.807, 2.05) is 18.0 Å². The number of nitrogens with zero attached hydrogens (tertiary/aromatic N) is 2. The summed E-state index contributed by atoms with van der Waals surface area (Å²) >= 11 is 0. The van der Waals surface area contributed by atoms with E-state index in [0.29, 0.717) is 19.0 Å². The Labute approximate surface area is 95.8 Å². The van der Waals surface area contributed by atoms with E-state index < -0.39 is 6.10 Å². The first-order valence-electron chi connectivity index (χ1n) is 5.17. The summed E-state index contributed by atoms with van der Waals surface area (Å²) in [6.45, 7) is 1.65. The van der Waals surface area contributed by atoms with Gasteiger partial charge in [-0.1, -0.05) is 6.07 Å². The molecule has 1 aromatic rings. The number of anilines is 1. The van der Waals surface area contributed by atoms with Gasteiger partial charge in [-0.2, -0.15) is 0 Å². The molecule has 0 radical (unpaired) electrons. The van der Waals surface area contributed by atoms with E-state index in [0.717, 1.165) is 12.1 Å². The quantitative estimate of drug-likeness (QED) is 0.718. The van der Waals surface area contributed by atoms with Crippen LogP contribution in [0.1, 0.15) is 5.56 Å². The molecule has 0 aromatic carbocycles. The first kappa shape index (κ1) is 12.9. The lowest BCUT2D eigenvalue weighted by molar-refractivity contribution is 0.0418. The summed E-state index contributed by atoms with van der Waals surface area (Å²) < 4.78 is 4.86. The van der Waals surface area contributed by atoms with Crippen LogP contribution in [0.5, 0.6) is 0 Å². The second-order valence-corrected chi connectivity index (χ2v) is 3.90. The highest BCUT2D eigenvalue weighted by Crippen LogP contribution is 2.04. The van der Waals surface area contributed by atoms with Crippen LogP contribution in [0.2, 0.25) is 0 Å². The number of nitrogens with two attached hydrogens (primary N) is 1. The average Bonchev–Trinajstić information content (AvgIpc) is 2.21. The zero-order valence-electron chi connectivity index (χ0n) is 9.76. The van der Waals surface area contributed by atoms with Gasteiger partial charge < -0.3 is 15.6 Å². The molecule has 0 saturated carbocycles. The van der Waals surface area contributed by atoms with Crippen molar-refractivity contribution in [2.24, 2.45) is 0 Å². The van der Waals surface area contributed by atoms with Crippen molar-refractivity contribution < 1.29 is 9.84 Å². The molecule has 0 aliphatic rings. The molecule has 1 unspecified atom stereocenters. The van der Waals surface area contributed by atoms with Crippen LogP contribution in [0.3, 0.4) is 0 Å². The van der Waals surface area contributed by atoms with Gasteiger partial charge in [0.15, 0.2) is 0 Å². The third-order valence-corrected chi connectivity index (χ3v) is 2.18. The Morgan fingerprint density at radius 2 is 2.31 bits per heavy atom. The molecule has 0 saturated heterocycles. The molecule has 5 heteroatoms. The summed E-state index contributed by atoms with van der Waals surface area (Å²) in [6.07, 6.45) is 1.28. The number of rotatable bonds is 6. The van der Waals surface area contributed by atoms with E-state index in [1.54, 1.807) is 19.4 Å². The molecule has 1 heterocycles. The van der Waals surface area contributed by atoms with Crippen molar-refractivity contribution in [2.75, 3.05) is 33.0 Å². The van der Waals surface area contributed by atoms with E-state index >= 15 is 0 Å². The first-order chi connectivity index (χ1) is 7.61. The number of hydrogen-bond donors (Lipinski definition) is 2. The van der Waals surface area contributed by atoms with Crippen molar-refractivity contribution >= 4 is 5.82 Å². The van der Waals surface area contributed by atoms with Crippen molar-refractivity contribution in [2.45, 2.75) is 12.6 Å². The largest absolute Gasteiger partial charge is 0.389 e. The second-order valence-electron chi connectivity index (χ2n) is 3.90. The van der Waals surface area contributed by atoms with Gasteiger partial charge in [0.05, 0.1) is 12.7 Å². The van der Waals surface area contributed by atoms with Gasteiger partial charge in [0.25, 0.3) is 0 Å². The minimum Gasteiger partial charge on any atom is -0.389 e.